The molecule has 0 bridgehead atoms. The number of hydrogen-bond donors (Lipinski definition) is 2. The summed E-state index contributed by atoms with van der Waals surface area (Å²) in [6, 6.07) is 9.90. The molecule has 9 nitrogen and oxygen atoms in total. The summed E-state index contributed by atoms with van der Waals surface area (Å²) in [5, 5.41) is 12.7. The Bertz CT molecular complexity index is 965. The van der Waals surface area contributed by atoms with Crippen LogP contribution in [-0.2, 0) is 14.3 Å². The fraction of sp³-hybridized carbons (Fsp3) is 0.316. The van der Waals surface area contributed by atoms with Crippen LogP contribution >= 0.6 is 22.9 Å². The molecule has 11 heteroatoms. The van der Waals surface area contributed by atoms with Gasteiger partial charge < -0.3 is 19.9 Å². The van der Waals surface area contributed by atoms with E-state index < -0.39 is 18.4 Å². The summed E-state index contributed by atoms with van der Waals surface area (Å²) in [5.41, 5.74) is 1.09. The number of benzene rings is 1. The van der Waals surface area contributed by atoms with Gasteiger partial charge in [0.05, 0.1) is 28.9 Å². The third-order valence-electron chi connectivity index (χ3n) is 4.66. The number of nitrogens with zero attached hydrogens (tertiary/aromatic N) is 2. The maximum atomic E-state index is 12.2. The molecular weight excluding hydrogens is 434 g/mol. The first-order valence-electron chi connectivity index (χ1n) is 9.12. The molecular formula is C19H18ClN3O6S. The van der Waals surface area contributed by atoms with Gasteiger partial charge >= 0.3 is 6.09 Å². The van der Waals surface area contributed by atoms with Gasteiger partial charge in [-0.05, 0) is 36.4 Å². The first-order chi connectivity index (χ1) is 14.4. The molecule has 1 unspecified atom stereocenters. The van der Waals surface area contributed by atoms with Gasteiger partial charge in [0.1, 0.15) is 12.7 Å². The Labute approximate surface area is 180 Å². The number of ether oxygens (including phenoxy) is 2. The van der Waals surface area contributed by atoms with Gasteiger partial charge in [-0.25, -0.2) is 4.79 Å². The average Bonchev–Trinajstić information content (AvgIpc) is 3.32. The van der Waals surface area contributed by atoms with Crippen LogP contribution < -0.4 is 15.1 Å². The number of carbonyl (C=O) groups excluding carboxylic acids is 3. The van der Waals surface area contributed by atoms with E-state index in [9.17, 15) is 19.5 Å². The molecule has 0 saturated carbocycles. The second-order valence-corrected chi connectivity index (χ2v) is 8.42. The third-order valence-corrected chi connectivity index (χ3v) is 5.89. The number of rotatable bonds is 5. The number of nitrogens with one attached hydrogen (secondary N) is 1. The van der Waals surface area contributed by atoms with E-state index in [1.54, 1.807) is 36.4 Å². The fourth-order valence-corrected chi connectivity index (χ4v) is 4.20. The largest absolute Gasteiger partial charge is 0.442 e. The number of aliphatic hydroxyl groups is 1. The van der Waals surface area contributed by atoms with Crippen LogP contribution in [0.25, 0.3) is 0 Å². The summed E-state index contributed by atoms with van der Waals surface area (Å²) in [6.07, 6.45) is -2.08. The maximum Gasteiger partial charge on any atom is 0.414 e. The lowest BCUT2D eigenvalue weighted by Crippen LogP contribution is -2.49. The van der Waals surface area contributed by atoms with Crippen LogP contribution in [0.5, 0.6) is 0 Å². The topological polar surface area (TPSA) is 108 Å². The van der Waals surface area contributed by atoms with E-state index in [0.29, 0.717) is 20.6 Å². The third kappa shape index (κ3) is 4.26. The number of anilines is 2. The highest BCUT2D eigenvalue weighted by molar-refractivity contribution is 7.18. The zero-order chi connectivity index (χ0) is 21.3. The van der Waals surface area contributed by atoms with Crippen molar-refractivity contribution in [1.82, 2.24) is 5.32 Å². The van der Waals surface area contributed by atoms with Crippen molar-refractivity contribution in [2.45, 2.75) is 12.3 Å². The molecule has 2 atom stereocenters. The number of carbonyl (C=O) groups is 3. The second kappa shape index (κ2) is 8.60. The van der Waals surface area contributed by atoms with Crippen LogP contribution in [0.1, 0.15) is 9.67 Å². The van der Waals surface area contributed by atoms with E-state index in [1.165, 1.54) is 21.1 Å². The minimum atomic E-state index is -1.06. The van der Waals surface area contributed by atoms with Gasteiger partial charge in [0.15, 0.2) is 6.23 Å². The lowest BCUT2D eigenvalue weighted by atomic mass is 10.2. The molecule has 2 N–H and O–H groups in total. The monoisotopic (exact) mass is 451 g/mol. The van der Waals surface area contributed by atoms with Crippen molar-refractivity contribution in [2.24, 2.45) is 0 Å². The molecule has 2 aliphatic heterocycles. The Kier molecular flexibility index (Phi) is 5.91. The fourth-order valence-electron chi connectivity index (χ4n) is 3.24. The summed E-state index contributed by atoms with van der Waals surface area (Å²) < 4.78 is 10.9. The summed E-state index contributed by atoms with van der Waals surface area (Å²) in [6.45, 7) is 0.380. The van der Waals surface area contributed by atoms with Crippen LogP contribution in [-0.4, -0.2) is 61.6 Å². The highest BCUT2D eigenvalue weighted by Crippen LogP contribution is 2.27. The van der Waals surface area contributed by atoms with E-state index in [1.807, 2.05) is 0 Å². The average molecular weight is 452 g/mol. The van der Waals surface area contributed by atoms with Gasteiger partial charge in [-0.3, -0.25) is 19.4 Å². The molecule has 1 aromatic heterocycles. The zero-order valence-corrected chi connectivity index (χ0v) is 17.2. The van der Waals surface area contributed by atoms with Crippen molar-refractivity contribution in [2.75, 3.05) is 36.1 Å². The molecule has 3 amide bonds. The van der Waals surface area contributed by atoms with Gasteiger partial charge in [-0.15, -0.1) is 11.3 Å². The number of amides is 3. The van der Waals surface area contributed by atoms with Gasteiger partial charge in [0.25, 0.3) is 11.8 Å². The Balaban J connectivity index is 1.37. The SMILES string of the molecule is O=C(NC[C@H]1CN(c2ccc(N3C(=O)COCC3O)cc2)C(=O)O1)c1ccc(Cl)s1. The number of cyclic esters (lactones) is 1. The lowest BCUT2D eigenvalue weighted by Gasteiger charge is -2.32. The number of halogens is 1. The Morgan fingerprint density at radius 2 is 1.93 bits per heavy atom. The number of hydrogen-bond acceptors (Lipinski definition) is 7. The quantitative estimate of drug-likeness (QED) is 0.718. The van der Waals surface area contributed by atoms with Crippen LogP contribution in [0.2, 0.25) is 4.34 Å². The minimum Gasteiger partial charge on any atom is -0.442 e. The molecule has 2 aromatic rings. The first kappa shape index (κ1) is 20.6. The highest BCUT2D eigenvalue weighted by Gasteiger charge is 2.33. The number of aliphatic hydroxyl groups excluding tert-OH is 1. The van der Waals surface area contributed by atoms with Gasteiger partial charge in [0, 0.05) is 11.4 Å². The molecule has 2 fully saturated rings. The summed E-state index contributed by atoms with van der Waals surface area (Å²) >= 11 is 7.01. The van der Waals surface area contributed by atoms with Crippen molar-refractivity contribution in [3.8, 4) is 0 Å². The summed E-state index contributed by atoms with van der Waals surface area (Å²) in [5.74, 6) is -0.621. The molecule has 0 aliphatic carbocycles. The zero-order valence-electron chi connectivity index (χ0n) is 15.6. The molecule has 2 saturated heterocycles. The number of thiophene rings is 1. The molecule has 30 heavy (non-hydrogen) atoms. The van der Waals surface area contributed by atoms with E-state index in [0.717, 1.165) is 0 Å². The minimum absolute atomic E-state index is 0.0387. The van der Waals surface area contributed by atoms with Crippen molar-refractivity contribution in [1.29, 1.82) is 0 Å². The van der Waals surface area contributed by atoms with Crippen LogP contribution in [0.3, 0.4) is 0 Å². The molecule has 158 valence electrons. The van der Waals surface area contributed by atoms with E-state index >= 15 is 0 Å². The van der Waals surface area contributed by atoms with Gasteiger partial charge in [0.2, 0.25) is 0 Å². The van der Waals surface area contributed by atoms with Crippen molar-refractivity contribution < 1.29 is 29.0 Å². The second-order valence-electron chi connectivity index (χ2n) is 6.71. The Morgan fingerprint density at radius 1 is 1.20 bits per heavy atom. The Morgan fingerprint density at radius 3 is 2.60 bits per heavy atom. The first-order valence-corrected chi connectivity index (χ1v) is 10.3. The molecule has 0 spiro atoms. The normalized spacial score (nSPS) is 21.7. The molecule has 1 aromatic carbocycles. The van der Waals surface area contributed by atoms with Crippen LogP contribution in [0.15, 0.2) is 36.4 Å². The maximum absolute atomic E-state index is 12.2. The highest BCUT2D eigenvalue weighted by atomic mass is 35.5. The van der Waals surface area contributed by atoms with Crippen molar-refractivity contribution in [3.63, 3.8) is 0 Å². The summed E-state index contributed by atoms with van der Waals surface area (Å²) in [7, 11) is 0. The predicted molar refractivity (Wildman–Crippen MR) is 110 cm³/mol. The van der Waals surface area contributed by atoms with E-state index in [4.69, 9.17) is 21.1 Å². The lowest BCUT2D eigenvalue weighted by molar-refractivity contribution is -0.132. The van der Waals surface area contributed by atoms with Crippen LogP contribution in [0, 0.1) is 0 Å². The number of morpholine rings is 1. The molecule has 3 heterocycles. The standard InChI is InChI=1S/C19H18ClN3O6S/c20-15-6-5-14(30-15)18(26)21-7-13-8-22(19(27)29-13)11-1-3-12(4-2-11)23-16(24)9-28-10-17(23)25/h1-6,13,16,24H,7-10H2,(H,21,26)/t13-,16?/m0/s1. The molecule has 2 aliphatic rings. The molecule has 0 radical (unpaired) electrons. The predicted octanol–water partition coefficient (Wildman–Crippen LogP) is 1.84. The van der Waals surface area contributed by atoms with E-state index in [-0.39, 0.29) is 38.1 Å². The Hall–Kier alpha value is -2.66. The molecule has 4 rings (SSSR count). The smallest absolute Gasteiger partial charge is 0.414 e. The van der Waals surface area contributed by atoms with Crippen LogP contribution in [0.4, 0.5) is 16.2 Å². The summed E-state index contributed by atoms with van der Waals surface area (Å²) in [4.78, 5) is 39.5. The van der Waals surface area contributed by atoms with E-state index in [2.05, 4.69) is 5.32 Å². The van der Waals surface area contributed by atoms with Gasteiger partial charge in [-0.2, -0.15) is 0 Å². The van der Waals surface area contributed by atoms with Crippen molar-refractivity contribution >= 4 is 52.2 Å². The van der Waals surface area contributed by atoms with Crippen molar-refractivity contribution in [3.05, 3.63) is 45.6 Å². The van der Waals surface area contributed by atoms with Gasteiger partial charge in [-0.1, -0.05) is 11.6 Å².